The van der Waals surface area contributed by atoms with Crippen molar-refractivity contribution in [2.24, 2.45) is 0 Å². The molecule has 1 heterocycles. The van der Waals surface area contributed by atoms with Crippen molar-refractivity contribution in [2.75, 3.05) is 0 Å². The van der Waals surface area contributed by atoms with E-state index in [1.54, 1.807) is 13.0 Å². The molecule has 2 rings (SSSR count). The van der Waals surface area contributed by atoms with E-state index in [0.717, 1.165) is 11.0 Å². The lowest BCUT2D eigenvalue weighted by Crippen LogP contribution is -2.31. The Morgan fingerprint density at radius 3 is 2.69 bits per heavy atom. The third kappa shape index (κ3) is 1.84. The van der Waals surface area contributed by atoms with Gasteiger partial charge in [0.25, 0.3) is 0 Å². The number of fused-ring (bicyclic) bond motifs is 1. The second-order valence-electron chi connectivity index (χ2n) is 4.30. The van der Waals surface area contributed by atoms with Crippen LogP contribution < -0.4 is 0 Å². The molecule has 0 amide bonds. The fourth-order valence-corrected chi connectivity index (χ4v) is 1.64. The summed E-state index contributed by atoms with van der Waals surface area (Å²) >= 11 is 0. The SMILES string of the molecule is CCC(C)(O)C(O)c1cc2ccccc2o1. The third-order valence-corrected chi connectivity index (χ3v) is 3.02. The van der Waals surface area contributed by atoms with Gasteiger partial charge in [-0.15, -0.1) is 0 Å². The van der Waals surface area contributed by atoms with E-state index in [9.17, 15) is 10.2 Å². The van der Waals surface area contributed by atoms with Crippen molar-refractivity contribution in [1.82, 2.24) is 0 Å². The van der Waals surface area contributed by atoms with Gasteiger partial charge >= 0.3 is 0 Å². The molecule has 2 aromatic rings. The molecule has 1 aromatic heterocycles. The van der Waals surface area contributed by atoms with Gasteiger partial charge in [-0.1, -0.05) is 25.1 Å². The Morgan fingerprint density at radius 2 is 2.06 bits per heavy atom. The lowest BCUT2D eigenvalue weighted by atomic mass is 9.94. The summed E-state index contributed by atoms with van der Waals surface area (Å²) in [5.74, 6) is 0.410. The summed E-state index contributed by atoms with van der Waals surface area (Å²) < 4.78 is 5.51. The zero-order valence-electron chi connectivity index (χ0n) is 9.47. The van der Waals surface area contributed by atoms with Crippen molar-refractivity contribution >= 4 is 11.0 Å². The fourth-order valence-electron chi connectivity index (χ4n) is 1.64. The van der Waals surface area contributed by atoms with Crippen LogP contribution in [-0.4, -0.2) is 15.8 Å². The van der Waals surface area contributed by atoms with Crippen molar-refractivity contribution in [3.05, 3.63) is 36.1 Å². The number of para-hydroxylation sites is 1. The third-order valence-electron chi connectivity index (χ3n) is 3.02. The minimum atomic E-state index is -1.16. The maximum atomic E-state index is 10.0. The van der Waals surface area contributed by atoms with Gasteiger partial charge in [-0.3, -0.25) is 0 Å². The van der Waals surface area contributed by atoms with Crippen molar-refractivity contribution < 1.29 is 14.6 Å². The standard InChI is InChI=1S/C13H16O3/c1-3-13(2,15)12(14)11-8-9-6-4-5-7-10(9)16-11/h4-8,12,14-15H,3H2,1-2H3. The number of rotatable bonds is 3. The monoisotopic (exact) mass is 220 g/mol. The van der Waals surface area contributed by atoms with Crippen LogP contribution in [0, 0.1) is 0 Å². The van der Waals surface area contributed by atoms with Crippen molar-refractivity contribution in [2.45, 2.75) is 32.0 Å². The van der Waals surface area contributed by atoms with E-state index in [4.69, 9.17) is 4.42 Å². The summed E-state index contributed by atoms with van der Waals surface area (Å²) in [5, 5.41) is 20.9. The van der Waals surface area contributed by atoms with Gasteiger partial charge in [-0.25, -0.2) is 0 Å². The van der Waals surface area contributed by atoms with Gasteiger partial charge < -0.3 is 14.6 Å². The summed E-state index contributed by atoms with van der Waals surface area (Å²) in [6.07, 6.45) is -0.532. The molecule has 2 atom stereocenters. The molecule has 0 spiro atoms. The van der Waals surface area contributed by atoms with Crippen molar-refractivity contribution in [3.8, 4) is 0 Å². The summed E-state index contributed by atoms with van der Waals surface area (Å²) in [6.45, 7) is 3.43. The Labute approximate surface area is 94.3 Å². The van der Waals surface area contributed by atoms with Crippen LogP contribution in [0.4, 0.5) is 0 Å². The second-order valence-corrected chi connectivity index (χ2v) is 4.30. The van der Waals surface area contributed by atoms with Gasteiger partial charge in [0, 0.05) is 5.39 Å². The summed E-state index contributed by atoms with van der Waals surface area (Å²) in [7, 11) is 0. The van der Waals surface area contributed by atoms with Crippen LogP contribution in [0.25, 0.3) is 11.0 Å². The first-order valence-electron chi connectivity index (χ1n) is 5.43. The molecule has 2 N–H and O–H groups in total. The molecule has 0 fully saturated rings. The Bertz CT molecular complexity index is 452. The smallest absolute Gasteiger partial charge is 0.140 e. The maximum Gasteiger partial charge on any atom is 0.140 e. The average Bonchev–Trinajstić information content (AvgIpc) is 2.71. The van der Waals surface area contributed by atoms with Crippen LogP contribution in [0.1, 0.15) is 32.1 Å². The number of furan rings is 1. The molecule has 86 valence electrons. The Morgan fingerprint density at radius 1 is 1.38 bits per heavy atom. The molecule has 0 aliphatic carbocycles. The molecular weight excluding hydrogens is 204 g/mol. The summed E-state index contributed by atoms with van der Waals surface area (Å²) in [5.41, 5.74) is -0.433. The van der Waals surface area contributed by atoms with E-state index < -0.39 is 11.7 Å². The molecular formula is C13H16O3. The minimum absolute atomic E-state index is 0.410. The molecule has 3 nitrogen and oxygen atoms in total. The predicted octanol–water partition coefficient (Wildman–Crippen LogP) is 2.63. The van der Waals surface area contributed by atoms with Crippen molar-refractivity contribution in [1.29, 1.82) is 0 Å². The summed E-state index contributed by atoms with van der Waals surface area (Å²) in [4.78, 5) is 0. The maximum absolute atomic E-state index is 10.0. The predicted molar refractivity (Wildman–Crippen MR) is 62.1 cm³/mol. The number of benzene rings is 1. The Hall–Kier alpha value is -1.32. The Kier molecular flexibility index (Phi) is 2.74. The largest absolute Gasteiger partial charge is 0.458 e. The number of hydrogen-bond donors (Lipinski definition) is 2. The zero-order chi connectivity index (χ0) is 11.8. The highest BCUT2D eigenvalue weighted by molar-refractivity contribution is 5.77. The van der Waals surface area contributed by atoms with Gasteiger partial charge in [0.2, 0.25) is 0 Å². The van der Waals surface area contributed by atoms with E-state index in [-0.39, 0.29) is 0 Å². The quantitative estimate of drug-likeness (QED) is 0.836. The van der Waals surface area contributed by atoms with Crippen LogP contribution in [0.3, 0.4) is 0 Å². The molecule has 16 heavy (non-hydrogen) atoms. The van der Waals surface area contributed by atoms with Gasteiger partial charge in [0.15, 0.2) is 0 Å². The van der Waals surface area contributed by atoms with Gasteiger partial charge in [-0.05, 0) is 25.5 Å². The van der Waals surface area contributed by atoms with E-state index in [1.807, 2.05) is 31.2 Å². The first kappa shape index (κ1) is 11.2. The first-order valence-corrected chi connectivity index (χ1v) is 5.43. The van der Waals surface area contributed by atoms with E-state index in [2.05, 4.69) is 0 Å². The molecule has 3 heteroatoms. The molecule has 0 aliphatic heterocycles. The lowest BCUT2D eigenvalue weighted by Gasteiger charge is -2.25. The van der Waals surface area contributed by atoms with Crippen LogP contribution >= 0.6 is 0 Å². The molecule has 2 unspecified atom stereocenters. The minimum Gasteiger partial charge on any atom is -0.458 e. The number of aliphatic hydroxyl groups excluding tert-OH is 1. The fraction of sp³-hybridized carbons (Fsp3) is 0.385. The highest BCUT2D eigenvalue weighted by atomic mass is 16.4. The number of aliphatic hydroxyl groups is 2. The van der Waals surface area contributed by atoms with Crippen LogP contribution in [0.15, 0.2) is 34.7 Å². The van der Waals surface area contributed by atoms with Crippen molar-refractivity contribution in [3.63, 3.8) is 0 Å². The van der Waals surface area contributed by atoms with E-state index in [1.165, 1.54) is 0 Å². The summed E-state index contributed by atoms with van der Waals surface area (Å²) in [6, 6.07) is 9.30. The zero-order valence-corrected chi connectivity index (χ0v) is 9.47. The molecule has 0 saturated heterocycles. The lowest BCUT2D eigenvalue weighted by molar-refractivity contribution is -0.0743. The van der Waals surface area contributed by atoms with E-state index >= 15 is 0 Å². The van der Waals surface area contributed by atoms with Gasteiger partial charge in [0.1, 0.15) is 17.4 Å². The molecule has 0 bridgehead atoms. The van der Waals surface area contributed by atoms with E-state index in [0.29, 0.717) is 12.2 Å². The molecule has 1 aromatic carbocycles. The molecule has 0 saturated carbocycles. The second kappa shape index (κ2) is 3.92. The highest BCUT2D eigenvalue weighted by Gasteiger charge is 2.32. The van der Waals surface area contributed by atoms with Gasteiger partial charge in [0.05, 0.1) is 5.60 Å². The highest BCUT2D eigenvalue weighted by Crippen LogP contribution is 2.32. The molecule has 0 radical (unpaired) electrons. The topological polar surface area (TPSA) is 53.6 Å². The average molecular weight is 220 g/mol. The van der Waals surface area contributed by atoms with Crippen LogP contribution in [-0.2, 0) is 0 Å². The molecule has 0 aliphatic rings. The van der Waals surface area contributed by atoms with Crippen LogP contribution in [0.5, 0.6) is 0 Å². The van der Waals surface area contributed by atoms with Crippen LogP contribution in [0.2, 0.25) is 0 Å². The normalized spacial score (nSPS) is 17.2. The Balaban J connectivity index is 2.40. The van der Waals surface area contributed by atoms with Gasteiger partial charge in [-0.2, -0.15) is 0 Å². The number of hydrogen-bond acceptors (Lipinski definition) is 3. The first-order chi connectivity index (χ1) is 7.54.